The maximum Gasteiger partial charge on any atom is 0.160 e. The molecule has 65 heavy (non-hydrogen) atoms. The summed E-state index contributed by atoms with van der Waals surface area (Å²) in [4.78, 5) is 12.5. The standard InChI is InChI=1S/C62H43N3/c1-4-13-44(14-5-1)48-29-35-57(36-30-48)65(59-39-33-50(34-40-59)55-22-12-21-54(41-55)45-15-6-2-7-16-45)58-37-31-49(32-38-58)47-23-26-51(27-24-47)60-43-61(64-62(63-60)52-18-8-3-9-19-52)56-28-25-46-17-10-11-20-53(46)42-56/h1-43H. The van der Waals surface area contributed by atoms with Gasteiger partial charge in [-0.2, -0.15) is 0 Å². The first-order valence-corrected chi connectivity index (χ1v) is 22.0. The Kier molecular flexibility index (Phi) is 10.6. The second-order valence-corrected chi connectivity index (χ2v) is 16.3. The van der Waals surface area contributed by atoms with Gasteiger partial charge in [0.15, 0.2) is 5.82 Å². The summed E-state index contributed by atoms with van der Waals surface area (Å²) in [6.07, 6.45) is 0. The molecule has 10 aromatic carbocycles. The lowest BCUT2D eigenvalue weighted by Crippen LogP contribution is -2.09. The minimum Gasteiger partial charge on any atom is -0.311 e. The first-order chi connectivity index (χ1) is 32.2. The molecule has 0 N–H and O–H groups in total. The third kappa shape index (κ3) is 8.35. The Morgan fingerprint density at radius 3 is 1.09 bits per heavy atom. The fourth-order valence-electron chi connectivity index (χ4n) is 8.64. The van der Waals surface area contributed by atoms with Gasteiger partial charge in [0.2, 0.25) is 0 Å². The molecule has 3 nitrogen and oxygen atoms in total. The summed E-state index contributed by atoms with van der Waals surface area (Å²) in [6, 6.07) is 92.5. The smallest absolute Gasteiger partial charge is 0.160 e. The monoisotopic (exact) mass is 829 g/mol. The molecule has 3 heteroatoms. The van der Waals surface area contributed by atoms with E-state index in [0.29, 0.717) is 5.82 Å². The summed E-state index contributed by atoms with van der Waals surface area (Å²) in [7, 11) is 0. The molecule has 0 saturated heterocycles. The molecule has 0 aliphatic rings. The molecule has 0 radical (unpaired) electrons. The average Bonchev–Trinajstić information content (AvgIpc) is 3.40. The van der Waals surface area contributed by atoms with E-state index in [2.05, 4.69) is 248 Å². The zero-order chi connectivity index (χ0) is 43.4. The van der Waals surface area contributed by atoms with Gasteiger partial charge in [-0.25, -0.2) is 9.97 Å². The summed E-state index contributed by atoms with van der Waals surface area (Å²) in [5.41, 5.74) is 17.5. The molecule has 0 fully saturated rings. The highest BCUT2D eigenvalue weighted by Crippen LogP contribution is 2.39. The van der Waals surface area contributed by atoms with Crippen LogP contribution in [-0.4, -0.2) is 9.97 Å². The molecule has 0 amide bonds. The van der Waals surface area contributed by atoms with E-state index in [1.54, 1.807) is 0 Å². The highest BCUT2D eigenvalue weighted by molar-refractivity contribution is 5.88. The van der Waals surface area contributed by atoms with Crippen molar-refractivity contribution in [2.75, 3.05) is 4.90 Å². The number of benzene rings is 10. The van der Waals surface area contributed by atoms with Crippen molar-refractivity contribution in [3.63, 3.8) is 0 Å². The topological polar surface area (TPSA) is 29.0 Å². The molecule has 0 spiro atoms. The van der Waals surface area contributed by atoms with Crippen molar-refractivity contribution in [1.82, 2.24) is 9.97 Å². The van der Waals surface area contributed by atoms with E-state index in [-0.39, 0.29) is 0 Å². The second kappa shape index (κ2) is 17.6. The van der Waals surface area contributed by atoms with Gasteiger partial charge < -0.3 is 4.90 Å². The number of hydrogen-bond donors (Lipinski definition) is 0. The average molecular weight is 830 g/mol. The van der Waals surface area contributed by atoms with E-state index >= 15 is 0 Å². The minimum absolute atomic E-state index is 0.706. The van der Waals surface area contributed by atoms with Gasteiger partial charge in [-0.1, -0.05) is 206 Å². The molecule has 0 aliphatic carbocycles. The Hall–Kier alpha value is -8.66. The maximum atomic E-state index is 5.10. The lowest BCUT2D eigenvalue weighted by atomic mass is 9.98. The predicted octanol–water partition coefficient (Wildman–Crippen LogP) is 16.8. The van der Waals surface area contributed by atoms with Crippen LogP contribution in [0.5, 0.6) is 0 Å². The normalized spacial score (nSPS) is 11.1. The maximum absolute atomic E-state index is 5.10. The van der Waals surface area contributed by atoms with Gasteiger partial charge in [-0.15, -0.1) is 0 Å². The predicted molar refractivity (Wildman–Crippen MR) is 272 cm³/mol. The van der Waals surface area contributed by atoms with Crippen molar-refractivity contribution in [3.8, 4) is 78.4 Å². The van der Waals surface area contributed by atoms with Gasteiger partial charge in [-0.05, 0) is 110 Å². The van der Waals surface area contributed by atoms with Gasteiger partial charge in [0.1, 0.15) is 0 Å². The molecule has 1 heterocycles. The fourth-order valence-corrected chi connectivity index (χ4v) is 8.64. The van der Waals surface area contributed by atoms with E-state index in [4.69, 9.17) is 9.97 Å². The Morgan fingerprint density at radius 2 is 0.569 bits per heavy atom. The minimum atomic E-state index is 0.706. The van der Waals surface area contributed by atoms with Crippen LogP contribution >= 0.6 is 0 Å². The van der Waals surface area contributed by atoms with Crippen molar-refractivity contribution < 1.29 is 0 Å². The van der Waals surface area contributed by atoms with Crippen molar-refractivity contribution >= 4 is 27.8 Å². The third-order valence-electron chi connectivity index (χ3n) is 12.1. The molecule has 0 atom stereocenters. The fraction of sp³-hybridized carbons (Fsp3) is 0. The molecular formula is C62H43N3. The molecule has 11 rings (SSSR count). The zero-order valence-corrected chi connectivity index (χ0v) is 35.7. The highest BCUT2D eigenvalue weighted by Gasteiger charge is 2.16. The summed E-state index contributed by atoms with van der Waals surface area (Å²) in [5, 5.41) is 2.39. The quantitative estimate of drug-likeness (QED) is 0.137. The SMILES string of the molecule is c1ccc(-c2ccc(N(c3ccc(-c4ccc(-c5cc(-c6ccc7ccccc7c6)nc(-c6ccccc6)n5)cc4)cc3)c3ccc(-c4cccc(-c5ccccc5)c4)cc3)cc2)cc1. The molecule has 11 aromatic rings. The molecule has 1 aromatic heterocycles. The van der Waals surface area contributed by atoms with Crippen molar-refractivity contribution in [2.24, 2.45) is 0 Å². The molecule has 0 bridgehead atoms. The first-order valence-electron chi connectivity index (χ1n) is 22.0. The molecule has 0 unspecified atom stereocenters. The van der Waals surface area contributed by atoms with E-state index in [1.165, 1.54) is 44.2 Å². The van der Waals surface area contributed by atoms with Crippen LogP contribution in [0.15, 0.2) is 261 Å². The summed E-state index contributed by atoms with van der Waals surface area (Å²) < 4.78 is 0. The van der Waals surface area contributed by atoms with Crippen LogP contribution < -0.4 is 4.90 Å². The number of anilines is 3. The number of fused-ring (bicyclic) bond motifs is 1. The summed E-state index contributed by atoms with van der Waals surface area (Å²) in [6.45, 7) is 0. The molecule has 306 valence electrons. The van der Waals surface area contributed by atoms with Crippen LogP contribution in [0.3, 0.4) is 0 Å². The van der Waals surface area contributed by atoms with Crippen LogP contribution in [0.1, 0.15) is 0 Å². The Balaban J connectivity index is 0.906. The van der Waals surface area contributed by atoms with Crippen LogP contribution in [0.4, 0.5) is 17.1 Å². The lowest BCUT2D eigenvalue weighted by molar-refractivity contribution is 1.18. The number of aromatic nitrogens is 2. The number of hydrogen-bond acceptors (Lipinski definition) is 3. The van der Waals surface area contributed by atoms with Crippen molar-refractivity contribution in [1.29, 1.82) is 0 Å². The first kappa shape index (κ1) is 39.2. The van der Waals surface area contributed by atoms with Crippen molar-refractivity contribution in [2.45, 2.75) is 0 Å². The van der Waals surface area contributed by atoms with E-state index < -0.39 is 0 Å². The molecule has 0 aliphatic heterocycles. The van der Waals surface area contributed by atoms with Crippen LogP contribution in [0.2, 0.25) is 0 Å². The van der Waals surface area contributed by atoms with Crippen molar-refractivity contribution in [3.05, 3.63) is 261 Å². The Morgan fingerprint density at radius 1 is 0.215 bits per heavy atom. The van der Waals surface area contributed by atoms with Gasteiger partial charge in [0, 0.05) is 33.8 Å². The molecule has 0 saturated carbocycles. The number of nitrogens with zero attached hydrogens (tertiary/aromatic N) is 3. The second-order valence-electron chi connectivity index (χ2n) is 16.3. The third-order valence-corrected chi connectivity index (χ3v) is 12.1. The van der Waals surface area contributed by atoms with Gasteiger partial charge in [0.05, 0.1) is 11.4 Å². The Bertz CT molecular complexity index is 3370. The van der Waals surface area contributed by atoms with Crippen LogP contribution in [0.25, 0.3) is 89.2 Å². The largest absolute Gasteiger partial charge is 0.311 e. The highest BCUT2D eigenvalue weighted by atomic mass is 15.1. The molecular weight excluding hydrogens is 787 g/mol. The van der Waals surface area contributed by atoms with E-state index in [1.807, 2.05) is 18.2 Å². The summed E-state index contributed by atoms with van der Waals surface area (Å²) >= 11 is 0. The van der Waals surface area contributed by atoms with Gasteiger partial charge >= 0.3 is 0 Å². The zero-order valence-electron chi connectivity index (χ0n) is 35.7. The lowest BCUT2D eigenvalue weighted by Gasteiger charge is -2.26. The van der Waals surface area contributed by atoms with Gasteiger partial charge in [0.25, 0.3) is 0 Å². The van der Waals surface area contributed by atoms with Crippen LogP contribution in [0, 0.1) is 0 Å². The van der Waals surface area contributed by atoms with Crippen LogP contribution in [-0.2, 0) is 0 Å². The van der Waals surface area contributed by atoms with Gasteiger partial charge in [-0.3, -0.25) is 0 Å². The van der Waals surface area contributed by atoms with E-state index in [9.17, 15) is 0 Å². The number of rotatable bonds is 10. The summed E-state index contributed by atoms with van der Waals surface area (Å²) in [5.74, 6) is 0.706. The van der Waals surface area contributed by atoms with E-state index in [0.717, 1.165) is 56.3 Å². The Labute approximate surface area is 380 Å².